The average Bonchev–Trinajstić information content (AvgIpc) is 2.80. The Bertz CT molecular complexity index is 516. The lowest BCUT2D eigenvalue weighted by Crippen LogP contribution is -2.17. The Balaban J connectivity index is 2.23. The average molecular weight is 233 g/mol. The Morgan fingerprint density at radius 2 is 1.94 bits per heavy atom. The minimum absolute atomic E-state index is 0.110. The molecule has 1 heterocycles. The Morgan fingerprint density at radius 3 is 2.59 bits per heavy atom. The van der Waals surface area contributed by atoms with Gasteiger partial charge in [0.2, 0.25) is 5.78 Å². The Morgan fingerprint density at radius 1 is 1.24 bits per heavy atom. The molecule has 0 radical (unpaired) electrons. The van der Waals surface area contributed by atoms with Crippen LogP contribution in [0.1, 0.15) is 10.6 Å². The topological polar surface area (TPSA) is 42.2 Å². The normalized spacial score (nSPS) is 10.5. The van der Waals surface area contributed by atoms with Crippen molar-refractivity contribution < 1.29 is 13.6 Å². The summed E-state index contributed by atoms with van der Waals surface area (Å²) in [6.45, 7) is 0.233. The van der Waals surface area contributed by atoms with Gasteiger partial charge in [-0.15, -0.1) is 0 Å². The Hall–Kier alpha value is -1.94. The van der Waals surface area contributed by atoms with Crippen LogP contribution in [0.15, 0.2) is 40.8 Å². The number of halogens is 1. The fraction of sp³-hybridized carbons (Fsp3) is 0.154. The van der Waals surface area contributed by atoms with E-state index in [4.69, 9.17) is 4.42 Å². The van der Waals surface area contributed by atoms with E-state index in [2.05, 4.69) is 5.32 Å². The molecule has 88 valence electrons. The van der Waals surface area contributed by atoms with Gasteiger partial charge in [0.25, 0.3) is 0 Å². The van der Waals surface area contributed by atoms with Gasteiger partial charge in [-0.25, -0.2) is 4.39 Å². The molecule has 0 aliphatic carbocycles. The van der Waals surface area contributed by atoms with Crippen LogP contribution in [-0.4, -0.2) is 19.4 Å². The van der Waals surface area contributed by atoms with Gasteiger partial charge >= 0.3 is 0 Å². The third-order valence-corrected chi connectivity index (χ3v) is 2.35. The summed E-state index contributed by atoms with van der Waals surface area (Å²) in [7, 11) is 1.70. The molecular formula is C13H12FNO2. The molecule has 0 saturated carbocycles. The van der Waals surface area contributed by atoms with E-state index in [1.165, 1.54) is 12.1 Å². The maximum Gasteiger partial charge on any atom is 0.211 e. The van der Waals surface area contributed by atoms with E-state index < -0.39 is 0 Å². The van der Waals surface area contributed by atoms with Gasteiger partial charge < -0.3 is 9.73 Å². The zero-order valence-corrected chi connectivity index (χ0v) is 9.37. The molecule has 3 nitrogen and oxygen atoms in total. The second-order valence-electron chi connectivity index (χ2n) is 3.62. The number of carbonyl (C=O) groups is 1. The predicted octanol–water partition coefficient (Wildman–Crippen LogP) is 2.49. The number of likely N-dealkylation sites (N-methyl/N-ethyl adjacent to an activating group) is 1. The highest BCUT2D eigenvalue weighted by Crippen LogP contribution is 2.22. The summed E-state index contributed by atoms with van der Waals surface area (Å²) in [5.41, 5.74) is 0.745. The molecular weight excluding hydrogens is 221 g/mol. The van der Waals surface area contributed by atoms with Crippen molar-refractivity contribution in [2.45, 2.75) is 0 Å². The predicted molar refractivity (Wildman–Crippen MR) is 62.4 cm³/mol. The molecule has 0 bridgehead atoms. The van der Waals surface area contributed by atoms with Crippen molar-refractivity contribution in [3.05, 3.63) is 48.0 Å². The van der Waals surface area contributed by atoms with Crippen molar-refractivity contribution in [2.24, 2.45) is 0 Å². The number of hydrogen-bond donors (Lipinski definition) is 1. The summed E-state index contributed by atoms with van der Waals surface area (Å²) in [4.78, 5) is 11.5. The minimum Gasteiger partial charge on any atom is -0.453 e. The quantitative estimate of drug-likeness (QED) is 0.825. The molecule has 0 aliphatic heterocycles. The number of benzene rings is 1. The first-order chi connectivity index (χ1) is 8.20. The maximum atomic E-state index is 12.7. The minimum atomic E-state index is -0.299. The van der Waals surface area contributed by atoms with Crippen LogP contribution in [-0.2, 0) is 0 Å². The van der Waals surface area contributed by atoms with Gasteiger partial charge in [0.1, 0.15) is 11.6 Å². The number of nitrogens with one attached hydrogen (secondary N) is 1. The van der Waals surface area contributed by atoms with E-state index >= 15 is 0 Å². The van der Waals surface area contributed by atoms with Crippen LogP contribution in [0.3, 0.4) is 0 Å². The Kier molecular flexibility index (Phi) is 3.35. The lowest BCUT2D eigenvalue weighted by molar-refractivity contribution is 0.0968. The van der Waals surface area contributed by atoms with Crippen LogP contribution < -0.4 is 5.32 Å². The molecule has 17 heavy (non-hydrogen) atoms. The Labute approximate surface area is 98.3 Å². The van der Waals surface area contributed by atoms with E-state index in [1.54, 1.807) is 31.3 Å². The van der Waals surface area contributed by atoms with Crippen molar-refractivity contribution in [3.8, 4) is 11.3 Å². The molecule has 0 amide bonds. The van der Waals surface area contributed by atoms with Crippen molar-refractivity contribution in [3.63, 3.8) is 0 Å². The fourth-order valence-electron chi connectivity index (χ4n) is 1.50. The van der Waals surface area contributed by atoms with E-state index in [0.29, 0.717) is 11.5 Å². The van der Waals surface area contributed by atoms with Crippen LogP contribution in [0.4, 0.5) is 4.39 Å². The van der Waals surface area contributed by atoms with Crippen LogP contribution in [0.5, 0.6) is 0 Å². The summed E-state index contributed by atoms with van der Waals surface area (Å²) in [5, 5.41) is 2.76. The van der Waals surface area contributed by atoms with E-state index in [0.717, 1.165) is 5.56 Å². The highest BCUT2D eigenvalue weighted by Gasteiger charge is 2.11. The largest absolute Gasteiger partial charge is 0.453 e. The van der Waals surface area contributed by atoms with Crippen LogP contribution in [0.2, 0.25) is 0 Å². The van der Waals surface area contributed by atoms with Gasteiger partial charge in [-0.2, -0.15) is 0 Å². The highest BCUT2D eigenvalue weighted by molar-refractivity contribution is 5.95. The molecule has 0 unspecified atom stereocenters. The second-order valence-corrected chi connectivity index (χ2v) is 3.62. The molecule has 1 N–H and O–H groups in total. The summed E-state index contributed by atoms with van der Waals surface area (Å²) in [6.07, 6.45) is 0. The summed E-state index contributed by atoms with van der Waals surface area (Å²) in [5.74, 6) is 0.454. The van der Waals surface area contributed by atoms with Crippen LogP contribution >= 0.6 is 0 Å². The van der Waals surface area contributed by atoms with E-state index in [9.17, 15) is 9.18 Å². The molecule has 4 heteroatoms. The van der Waals surface area contributed by atoms with Gasteiger partial charge in [-0.1, -0.05) is 0 Å². The maximum absolute atomic E-state index is 12.7. The zero-order valence-electron chi connectivity index (χ0n) is 9.37. The molecule has 2 aromatic rings. The van der Waals surface area contributed by atoms with Crippen LogP contribution in [0.25, 0.3) is 11.3 Å². The highest BCUT2D eigenvalue weighted by atomic mass is 19.1. The lowest BCUT2D eigenvalue weighted by Gasteiger charge is -1.97. The molecule has 0 fully saturated rings. The zero-order chi connectivity index (χ0) is 12.3. The number of rotatable bonds is 4. The van der Waals surface area contributed by atoms with Crippen molar-refractivity contribution >= 4 is 5.78 Å². The van der Waals surface area contributed by atoms with Gasteiger partial charge in [-0.3, -0.25) is 4.79 Å². The second kappa shape index (κ2) is 4.93. The molecule has 0 spiro atoms. The van der Waals surface area contributed by atoms with Crippen molar-refractivity contribution in [1.82, 2.24) is 5.32 Å². The monoisotopic (exact) mass is 233 g/mol. The third-order valence-electron chi connectivity index (χ3n) is 2.35. The van der Waals surface area contributed by atoms with Gasteiger partial charge in [-0.05, 0) is 43.4 Å². The first-order valence-corrected chi connectivity index (χ1v) is 5.24. The number of hydrogen-bond acceptors (Lipinski definition) is 3. The van der Waals surface area contributed by atoms with Crippen molar-refractivity contribution in [2.75, 3.05) is 13.6 Å². The van der Waals surface area contributed by atoms with E-state index in [1.807, 2.05) is 0 Å². The van der Waals surface area contributed by atoms with Crippen LogP contribution in [0, 0.1) is 5.82 Å². The first-order valence-electron chi connectivity index (χ1n) is 5.24. The van der Waals surface area contributed by atoms with E-state index in [-0.39, 0.29) is 18.1 Å². The SMILES string of the molecule is CNCC(=O)c1ccc(-c2ccc(F)cc2)o1. The smallest absolute Gasteiger partial charge is 0.211 e. The number of Topliss-reactive ketones (excluding diaryl/α,β-unsaturated/α-hetero) is 1. The van der Waals surface area contributed by atoms with Gasteiger partial charge in [0.15, 0.2) is 5.76 Å². The standard InChI is InChI=1S/C13H12FNO2/c1-15-8-11(16)13-7-6-12(17-13)9-2-4-10(14)5-3-9/h2-7,15H,8H2,1H3. The third kappa shape index (κ3) is 2.60. The summed E-state index contributed by atoms with van der Waals surface area (Å²) < 4.78 is 18.2. The van der Waals surface area contributed by atoms with Crippen molar-refractivity contribution in [1.29, 1.82) is 0 Å². The van der Waals surface area contributed by atoms with Gasteiger partial charge in [0.05, 0.1) is 6.54 Å². The number of furan rings is 1. The fourth-order valence-corrected chi connectivity index (χ4v) is 1.50. The molecule has 0 saturated heterocycles. The molecule has 2 rings (SSSR count). The first kappa shape index (κ1) is 11.5. The summed E-state index contributed by atoms with van der Waals surface area (Å²) >= 11 is 0. The molecule has 1 aromatic heterocycles. The molecule has 0 atom stereocenters. The lowest BCUT2D eigenvalue weighted by atomic mass is 10.2. The molecule has 1 aromatic carbocycles. The summed E-state index contributed by atoms with van der Waals surface area (Å²) in [6, 6.07) is 9.26. The number of ketones is 1. The van der Waals surface area contributed by atoms with Gasteiger partial charge in [0, 0.05) is 5.56 Å². The number of carbonyl (C=O) groups excluding carboxylic acids is 1. The molecule has 0 aliphatic rings.